The van der Waals surface area contributed by atoms with Gasteiger partial charge in [-0.15, -0.1) is 0 Å². The number of esters is 2. The minimum Gasteiger partial charge on any atom is -0.416 e. The number of hydrogen-bond donors (Lipinski definition) is 1. The number of hydrogen-bond acceptors (Lipinski definition) is 6. The van der Waals surface area contributed by atoms with Gasteiger partial charge in [0.05, 0.1) is 35.8 Å². The van der Waals surface area contributed by atoms with E-state index in [1.807, 2.05) is 13.0 Å². The molecule has 1 saturated heterocycles. The molecule has 9 heteroatoms. The minimum atomic E-state index is -1.58. The number of aryl methyl sites for hydroxylation is 1. The molecule has 0 unspecified atom stereocenters. The van der Waals surface area contributed by atoms with Crippen LogP contribution in [0.5, 0.6) is 0 Å². The number of carbonyl (C=O) groups excluding carboxylic acids is 2. The van der Waals surface area contributed by atoms with Crippen molar-refractivity contribution in [2.75, 3.05) is 13.1 Å². The van der Waals surface area contributed by atoms with Crippen LogP contribution in [0.15, 0.2) is 42.5 Å². The molecular formula is C25H23ClFN3O4. The summed E-state index contributed by atoms with van der Waals surface area (Å²) in [6.07, 6.45) is 0.806. The summed E-state index contributed by atoms with van der Waals surface area (Å²) in [4.78, 5) is 24.7. The Balaban J connectivity index is 1.62. The van der Waals surface area contributed by atoms with Crippen molar-refractivity contribution in [2.24, 2.45) is 0 Å². The van der Waals surface area contributed by atoms with Crippen LogP contribution in [0.4, 0.5) is 4.39 Å². The molecule has 1 spiro atoms. The lowest BCUT2D eigenvalue weighted by Crippen LogP contribution is -2.43. The summed E-state index contributed by atoms with van der Waals surface area (Å²) < 4.78 is 27.3. The predicted molar refractivity (Wildman–Crippen MR) is 122 cm³/mol. The SMILES string of the molecule is Cc1cc(Cc2ccccc2F)nn1-c1c(Cl)ccc2c1CCNCC21OC(=O)CCC(=O)O1. The molecule has 0 aliphatic carbocycles. The zero-order chi connectivity index (χ0) is 23.9. The summed E-state index contributed by atoms with van der Waals surface area (Å²) in [6.45, 7) is 2.58. The van der Waals surface area contributed by atoms with Crippen molar-refractivity contribution in [3.05, 3.63) is 81.4 Å². The lowest BCUT2D eigenvalue weighted by atomic mass is 9.96. The number of benzene rings is 2. The van der Waals surface area contributed by atoms with Crippen LogP contribution in [0.3, 0.4) is 0 Å². The second-order valence-corrected chi connectivity index (χ2v) is 8.91. The van der Waals surface area contributed by atoms with Crippen LogP contribution in [0.1, 0.15) is 40.9 Å². The molecule has 1 N–H and O–H groups in total. The Morgan fingerprint density at radius 2 is 1.85 bits per heavy atom. The largest absolute Gasteiger partial charge is 0.416 e. The molecule has 3 aromatic rings. The van der Waals surface area contributed by atoms with Gasteiger partial charge < -0.3 is 14.8 Å². The average molecular weight is 484 g/mol. The molecule has 1 fully saturated rings. The zero-order valence-electron chi connectivity index (χ0n) is 18.6. The van der Waals surface area contributed by atoms with Gasteiger partial charge >= 0.3 is 11.9 Å². The average Bonchev–Trinajstić information content (AvgIpc) is 2.96. The second-order valence-electron chi connectivity index (χ2n) is 8.51. The Bertz CT molecular complexity index is 1270. The van der Waals surface area contributed by atoms with Gasteiger partial charge in [0, 0.05) is 17.7 Å². The first-order valence-electron chi connectivity index (χ1n) is 11.1. The lowest BCUT2D eigenvalue weighted by Gasteiger charge is -2.32. The van der Waals surface area contributed by atoms with Crippen LogP contribution in [0, 0.1) is 12.7 Å². The van der Waals surface area contributed by atoms with Crippen molar-refractivity contribution in [3.63, 3.8) is 0 Å². The number of rotatable bonds is 3. The summed E-state index contributed by atoms with van der Waals surface area (Å²) in [7, 11) is 0. The van der Waals surface area contributed by atoms with Crippen molar-refractivity contribution in [1.82, 2.24) is 15.1 Å². The first-order valence-corrected chi connectivity index (χ1v) is 11.5. The van der Waals surface area contributed by atoms with Crippen LogP contribution in [0.2, 0.25) is 5.02 Å². The molecule has 2 aliphatic rings. The first-order chi connectivity index (χ1) is 16.4. The molecule has 0 bridgehead atoms. The van der Waals surface area contributed by atoms with Crippen LogP contribution in [-0.4, -0.2) is 34.8 Å². The highest BCUT2D eigenvalue weighted by Crippen LogP contribution is 2.39. The topological polar surface area (TPSA) is 82.5 Å². The number of halogens is 2. The van der Waals surface area contributed by atoms with E-state index in [2.05, 4.69) is 5.32 Å². The number of carbonyl (C=O) groups is 2. The molecule has 1 aromatic heterocycles. The summed E-state index contributed by atoms with van der Waals surface area (Å²) in [6, 6.07) is 11.9. The molecule has 176 valence electrons. The maximum Gasteiger partial charge on any atom is 0.309 e. The van der Waals surface area contributed by atoms with E-state index in [0.717, 1.165) is 11.3 Å². The van der Waals surface area contributed by atoms with Gasteiger partial charge in [-0.2, -0.15) is 5.10 Å². The molecule has 2 aliphatic heterocycles. The van der Waals surface area contributed by atoms with Crippen molar-refractivity contribution < 1.29 is 23.5 Å². The Morgan fingerprint density at radius 3 is 2.59 bits per heavy atom. The fourth-order valence-electron chi connectivity index (χ4n) is 4.57. The molecule has 7 nitrogen and oxygen atoms in total. The fraction of sp³-hybridized carbons (Fsp3) is 0.320. The van der Waals surface area contributed by atoms with Gasteiger partial charge in [0.25, 0.3) is 5.79 Å². The Kier molecular flexibility index (Phi) is 5.87. The van der Waals surface area contributed by atoms with Crippen LogP contribution in [0.25, 0.3) is 5.69 Å². The number of aromatic nitrogens is 2. The van der Waals surface area contributed by atoms with E-state index >= 15 is 0 Å². The lowest BCUT2D eigenvalue weighted by molar-refractivity contribution is -0.225. The third-order valence-electron chi connectivity index (χ3n) is 6.12. The monoisotopic (exact) mass is 483 g/mol. The summed E-state index contributed by atoms with van der Waals surface area (Å²) >= 11 is 6.68. The van der Waals surface area contributed by atoms with Gasteiger partial charge in [0.2, 0.25) is 0 Å². The molecule has 0 amide bonds. The van der Waals surface area contributed by atoms with Gasteiger partial charge in [-0.3, -0.25) is 9.59 Å². The maximum absolute atomic E-state index is 14.2. The molecule has 34 heavy (non-hydrogen) atoms. The zero-order valence-corrected chi connectivity index (χ0v) is 19.3. The van der Waals surface area contributed by atoms with Crippen LogP contribution in [-0.2, 0) is 37.7 Å². The van der Waals surface area contributed by atoms with E-state index in [0.29, 0.717) is 46.9 Å². The highest BCUT2D eigenvalue weighted by Gasteiger charge is 2.46. The summed E-state index contributed by atoms with van der Waals surface area (Å²) in [5.41, 5.74) is 3.99. The van der Waals surface area contributed by atoms with E-state index in [-0.39, 0.29) is 25.2 Å². The summed E-state index contributed by atoms with van der Waals surface area (Å²) in [5.74, 6) is -2.86. The highest BCUT2D eigenvalue weighted by atomic mass is 35.5. The van der Waals surface area contributed by atoms with E-state index in [4.69, 9.17) is 26.2 Å². The molecule has 3 heterocycles. The van der Waals surface area contributed by atoms with Gasteiger partial charge in [-0.05, 0) is 55.3 Å². The third kappa shape index (κ3) is 4.08. The summed E-state index contributed by atoms with van der Waals surface area (Å²) in [5, 5.41) is 8.39. The molecule has 5 rings (SSSR count). The second kappa shape index (κ2) is 8.85. The third-order valence-corrected chi connectivity index (χ3v) is 6.43. The molecule has 0 atom stereocenters. The smallest absolute Gasteiger partial charge is 0.309 e. The normalized spacial score (nSPS) is 17.5. The Morgan fingerprint density at radius 1 is 1.12 bits per heavy atom. The predicted octanol–water partition coefficient (Wildman–Crippen LogP) is 3.74. The minimum absolute atomic E-state index is 0.0337. The van der Waals surface area contributed by atoms with Gasteiger partial charge in [-0.1, -0.05) is 29.8 Å². The van der Waals surface area contributed by atoms with Crippen molar-refractivity contribution in [2.45, 2.75) is 38.4 Å². The van der Waals surface area contributed by atoms with Crippen LogP contribution >= 0.6 is 11.6 Å². The Labute approximate surface area is 200 Å². The van der Waals surface area contributed by atoms with Crippen molar-refractivity contribution >= 4 is 23.5 Å². The number of ether oxygens (including phenoxy) is 2. The molecule has 0 saturated carbocycles. The Hall–Kier alpha value is -3.23. The molecule has 2 aromatic carbocycles. The number of nitrogens with zero attached hydrogens (tertiary/aromatic N) is 2. The van der Waals surface area contributed by atoms with E-state index in [9.17, 15) is 14.0 Å². The maximum atomic E-state index is 14.2. The fourth-order valence-corrected chi connectivity index (χ4v) is 4.83. The van der Waals surface area contributed by atoms with Crippen molar-refractivity contribution in [1.29, 1.82) is 0 Å². The van der Waals surface area contributed by atoms with Gasteiger partial charge in [-0.25, -0.2) is 9.07 Å². The van der Waals surface area contributed by atoms with Gasteiger partial charge in [0.15, 0.2) is 0 Å². The van der Waals surface area contributed by atoms with Crippen molar-refractivity contribution in [3.8, 4) is 5.69 Å². The number of nitrogens with one attached hydrogen (secondary N) is 1. The highest BCUT2D eigenvalue weighted by molar-refractivity contribution is 6.32. The van der Waals surface area contributed by atoms with Crippen LogP contribution < -0.4 is 5.32 Å². The standard InChI is InChI=1S/C25H23ClFN3O4/c1-15-12-17(13-16-4-2-3-5-21(16)27)29-30(15)24-18-10-11-28-14-25(19(18)6-7-20(24)26)33-22(31)8-9-23(32)34-25/h2-7,12,28H,8-11,13-14H2,1H3. The number of fused-ring (bicyclic) bond motifs is 2. The molecular weight excluding hydrogens is 461 g/mol. The van der Waals surface area contributed by atoms with Gasteiger partial charge in [0.1, 0.15) is 5.82 Å². The van der Waals surface area contributed by atoms with E-state index < -0.39 is 17.7 Å². The first kappa shape index (κ1) is 22.6. The quantitative estimate of drug-likeness (QED) is 0.571. The van der Waals surface area contributed by atoms with E-state index in [1.54, 1.807) is 35.0 Å². The van der Waals surface area contributed by atoms with E-state index in [1.165, 1.54) is 6.07 Å². The molecule has 0 radical (unpaired) electrons.